The highest BCUT2D eigenvalue weighted by Gasteiger charge is 2.38. The Balaban J connectivity index is 2.21. The molecule has 0 spiro atoms. The largest absolute Gasteiger partial charge is 0.328 e. The number of nitrogens with zero attached hydrogens (tertiary/aromatic N) is 3. The Labute approximate surface area is 82.3 Å². The third-order valence-electron chi connectivity index (χ3n) is 3.00. The molecule has 2 rings (SSSR count). The molecule has 0 bridgehead atoms. The molecular formula is C9H15FN4. The van der Waals surface area contributed by atoms with Crippen LogP contribution in [0.2, 0.25) is 0 Å². The third kappa shape index (κ3) is 1.52. The van der Waals surface area contributed by atoms with Crippen LogP contribution < -0.4 is 5.73 Å². The number of rotatable bonds is 1. The normalized spacial score (nSPS) is 33.2. The van der Waals surface area contributed by atoms with Crippen LogP contribution in [0.4, 0.5) is 4.39 Å². The van der Waals surface area contributed by atoms with Crippen molar-refractivity contribution < 1.29 is 4.39 Å². The molecule has 14 heavy (non-hydrogen) atoms. The molecule has 1 heterocycles. The first-order chi connectivity index (χ1) is 6.62. The maximum absolute atomic E-state index is 14.4. The first kappa shape index (κ1) is 9.58. The van der Waals surface area contributed by atoms with Gasteiger partial charge in [-0.1, -0.05) is 5.21 Å². The summed E-state index contributed by atoms with van der Waals surface area (Å²) >= 11 is 0. The van der Waals surface area contributed by atoms with Gasteiger partial charge in [0.25, 0.3) is 0 Å². The zero-order valence-electron chi connectivity index (χ0n) is 8.28. The highest BCUT2D eigenvalue weighted by Crippen LogP contribution is 2.39. The summed E-state index contributed by atoms with van der Waals surface area (Å²) < 4.78 is 15.9. The van der Waals surface area contributed by atoms with Crippen LogP contribution in [0.1, 0.15) is 31.4 Å². The van der Waals surface area contributed by atoms with E-state index in [1.807, 2.05) is 0 Å². The van der Waals surface area contributed by atoms with Crippen molar-refractivity contribution in [1.29, 1.82) is 0 Å². The Hall–Kier alpha value is -0.970. The van der Waals surface area contributed by atoms with E-state index in [1.54, 1.807) is 7.05 Å². The minimum atomic E-state index is -1.27. The Morgan fingerprint density at radius 3 is 2.71 bits per heavy atom. The van der Waals surface area contributed by atoms with Gasteiger partial charge in [-0.25, -0.2) is 9.07 Å². The van der Waals surface area contributed by atoms with Crippen molar-refractivity contribution in [3.63, 3.8) is 0 Å². The van der Waals surface area contributed by atoms with Gasteiger partial charge in [-0.2, -0.15) is 0 Å². The SMILES string of the molecule is Cn1nncc1C1(F)CCC(N)CC1. The Kier molecular flexibility index (Phi) is 2.26. The molecule has 1 saturated carbocycles. The number of nitrogens with two attached hydrogens (primary N) is 1. The maximum Gasteiger partial charge on any atom is 0.154 e. The molecule has 1 aromatic rings. The number of hydrogen-bond acceptors (Lipinski definition) is 3. The summed E-state index contributed by atoms with van der Waals surface area (Å²) in [5.74, 6) is 0. The summed E-state index contributed by atoms with van der Waals surface area (Å²) in [6, 6.07) is 0.153. The van der Waals surface area contributed by atoms with Gasteiger partial charge >= 0.3 is 0 Å². The van der Waals surface area contributed by atoms with Crippen molar-refractivity contribution in [2.24, 2.45) is 12.8 Å². The van der Waals surface area contributed by atoms with E-state index >= 15 is 0 Å². The highest BCUT2D eigenvalue weighted by atomic mass is 19.1. The second-order valence-electron chi connectivity index (χ2n) is 4.05. The van der Waals surface area contributed by atoms with Crippen LogP contribution in [-0.4, -0.2) is 21.0 Å². The van der Waals surface area contributed by atoms with Gasteiger partial charge in [-0.15, -0.1) is 5.10 Å². The molecule has 1 aliphatic rings. The van der Waals surface area contributed by atoms with E-state index in [0.717, 1.165) is 12.8 Å². The van der Waals surface area contributed by atoms with Crippen LogP contribution in [0.25, 0.3) is 0 Å². The predicted molar refractivity (Wildman–Crippen MR) is 50.2 cm³/mol. The van der Waals surface area contributed by atoms with Crippen LogP contribution in [0.3, 0.4) is 0 Å². The van der Waals surface area contributed by atoms with Gasteiger partial charge in [0.2, 0.25) is 0 Å². The quantitative estimate of drug-likeness (QED) is 0.728. The van der Waals surface area contributed by atoms with Gasteiger partial charge in [0.15, 0.2) is 5.67 Å². The van der Waals surface area contributed by atoms with Gasteiger partial charge in [-0.05, 0) is 25.7 Å². The molecule has 0 unspecified atom stereocenters. The van der Waals surface area contributed by atoms with E-state index in [0.29, 0.717) is 18.5 Å². The minimum Gasteiger partial charge on any atom is -0.328 e. The highest BCUT2D eigenvalue weighted by molar-refractivity contribution is 5.09. The molecule has 0 saturated heterocycles. The van der Waals surface area contributed by atoms with Crippen LogP contribution in [0.5, 0.6) is 0 Å². The molecule has 0 aliphatic heterocycles. The summed E-state index contributed by atoms with van der Waals surface area (Å²) in [6.07, 6.45) is 3.95. The minimum absolute atomic E-state index is 0.153. The summed E-state index contributed by atoms with van der Waals surface area (Å²) in [4.78, 5) is 0. The Morgan fingerprint density at radius 1 is 1.57 bits per heavy atom. The molecular weight excluding hydrogens is 183 g/mol. The fraction of sp³-hybridized carbons (Fsp3) is 0.778. The monoisotopic (exact) mass is 198 g/mol. The zero-order chi connectivity index (χ0) is 10.2. The van der Waals surface area contributed by atoms with Crippen molar-refractivity contribution in [2.45, 2.75) is 37.4 Å². The van der Waals surface area contributed by atoms with Crippen molar-refractivity contribution in [3.05, 3.63) is 11.9 Å². The molecule has 1 aliphatic carbocycles. The number of hydrogen-bond donors (Lipinski definition) is 1. The summed E-state index contributed by atoms with van der Waals surface area (Å²) in [6.45, 7) is 0. The van der Waals surface area contributed by atoms with Crippen LogP contribution in [0, 0.1) is 0 Å². The zero-order valence-corrected chi connectivity index (χ0v) is 8.28. The van der Waals surface area contributed by atoms with E-state index in [9.17, 15) is 4.39 Å². The van der Waals surface area contributed by atoms with E-state index in [-0.39, 0.29) is 6.04 Å². The summed E-state index contributed by atoms with van der Waals surface area (Å²) in [7, 11) is 1.72. The number of aromatic nitrogens is 3. The maximum atomic E-state index is 14.4. The Morgan fingerprint density at radius 2 is 2.21 bits per heavy atom. The molecule has 0 atom stereocenters. The molecule has 4 nitrogen and oxygen atoms in total. The van der Waals surface area contributed by atoms with Gasteiger partial charge in [0.1, 0.15) is 0 Å². The predicted octanol–water partition coefficient (Wildman–Crippen LogP) is 0.881. The van der Waals surface area contributed by atoms with Gasteiger partial charge in [0, 0.05) is 13.1 Å². The smallest absolute Gasteiger partial charge is 0.154 e. The molecule has 0 radical (unpaired) electrons. The molecule has 0 amide bonds. The second kappa shape index (κ2) is 3.31. The lowest BCUT2D eigenvalue weighted by molar-refractivity contribution is 0.0883. The first-order valence-corrected chi connectivity index (χ1v) is 4.91. The van der Waals surface area contributed by atoms with E-state index in [2.05, 4.69) is 10.3 Å². The number of aryl methyl sites for hydroxylation is 1. The van der Waals surface area contributed by atoms with Gasteiger partial charge in [0.05, 0.1) is 11.9 Å². The average Bonchev–Trinajstić information content (AvgIpc) is 2.58. The van der Waals surface area contributed by atoms with E-state index < -0.39 is 5.67 Å². The van der Waals surface area contributed by atoms with Gasteiger partial charge in [-0.3, -0.25) is 0 Å². The third-order valence-corrected chi connectivity index (χ3v) is 3.00. The van der Waals surface area contributed by atoms with Crippen molar-refractivity contribution in [2.75, 3.05) is 0 Å². The van der Waals surface area contributed by atoms with Crippen molar-refractivity contribution >= 4 is 0 Å². The summed E-state index contributed by atoms with van der Waals surface area (Å²) in [5.41, 5.74) is 5.05. The second-order valence-corrected chi connectivity index (χ2v) is 4.05. The Bertz CT molecular complexity index is 314. The van der Waals surface area contributed by atoms with Crippen LogP contribution in [-0.2, 0) is 12.7 Å². The van der Waals surface area contributed by atoms with E-state index in [1.165, 1.54) is 10.9 Å². The van der Waals surface area contributed by atoms with Crippen molar-refractivity contribution in [3.8, 4) is 0 Å². The first-order valence-electron chi connectivity index (χ1n) is 4.91. The van der Waals surface area contributed by atoms with Gasteiger partial charge < -0.3 is 5.73 Å². The molecule has 5 heteroatoms. The topological polar surface area (TPSA) is 56.7 Å². The average molecular weight is 198 g/mol. The van der Waals surface area contributed by atoms with Crippen LogP contribution in [0.15, 0.2) is 6.20 Å². The lowest BCUT2D eigenvalue weighted by Gasteiger charge is -2.31. The summed E-state index contributed by atoms with van der Waals surface area (Å²) in [5, 5.41) is 7.45. The number of halogens is 1. The fourth-order valence-corrected chi connectivity index (χ4v) is 2.05. The molecule has 1 aromatic heterocycles. The molecule has 0 aromatic carbocycles. The van der Waals surface area contributed by atoms with Crippen molar-refractivity contribution in [1.82, 2.24) is 15.0 Å². The van der Waals surface area contributed by atoms with E-state index in [4.69, 9.17) is 5.73 Å². The lowest BCUT2D eigenvalue weighted by Crippen LogP contribution is -2.35. The van der Waals surface area contributed by atoms with Crippen LogP contribution >= 0.6 is 0 Å². The number of alkyl halides is 1. The molecule has 1 fully saturated rings. The fourth-order valence-electron chi connectivity index (χ4n) is 2.05. The lowest BCUT2D eigenvalue weighted by atomic mass is 9.82. The standard InChI is InChI=1S/C9H15FN4/c1-14-8(6-12-13-14)9(10)4-2-7(11)3-5-9/h6-7H,2-5,11H2,1H3. The molecule has 2 N–H and O–H groups in total. The molecule has 78 valence electrons.